The molecule has 3 saturated heterocycles. The second-order valence-electron chi connectivity index (χ2n) is 10.4. The molecular weight excluding hydrogens is 460 g/mol. The van der Waals surface area contributed by atoms with Crippen LogP contribution in [0.4, 0.5) is 0 Å². The molecule has 0 bridgehead atoms. The van der Waals surface area contributed by atoms with E-state index in [0.717, 1.165) is 32.1 Å². The van der Waals surface area contributed by atoms with Gasteiger partial charge in [-0.05, 0) is 50.2 Å². The number of hydrogen-bond donors (Lipinski definition) is 2. The molecular formula is C27H38N4O5. The minimum atomic E-state index is -0.589. The molecule has 2 atom stereocenters. The topological polar surface area (TPSA) is 108 Å². The van der Waals surface area contributed by atoms with Crippen molar-refractivity contribution < 1.29 is 23.9 Å². The van der Waals surface area contributed by atoms with Gasteiger partial charge in [0.25, 0.3) is 5.91 Å². The van der Waals surface area contributed by atoms with Gasteiger partial charge in [-0.1, -0.05) is 25.0 Å². The van der Waals surface area contributed by atoms with Gasteiger partial charge in [0.1, 0.15) is 5.75 Å². The summed E-state index contributed by atoms with van der Waals surface area (Å²) in [7, 11) is 1.55. The molecule has 3 aliphatic rings. The molecule has 0 saturated carbocycles. The number of ether oxygens (including phenoxy) is 1. The lowest BCUT2D eigenvalue weighted by molar-refractivity contribution is -0.137. The number of rotatable bonds is 2. The van der Waals surface area contributed by atoms with Crippen molar-refractivity contribution in [2.24, 2.45) is 11.3 Å². The summed E-state index contributed by atoms with van der Waals surface area (Å²) in [6.07, 6.45) is 5.32. The molecule has 36 heavy (non-hydrogen) atoms. The van der Waals surface area contributed by atoms with Gasteiger partial charge in [0.2, 0.25) is 17.7 Å². The molecule has 3 heterocycles. The fourth-order valence-corrected chi connectivity index (χ4v) is 6.00. The standard InChI is InChI=1S/C27H38N4O5/c1-19(32)31-14-10-22-20(18-31)7-5-6-11-27(26(35)28-17-24(33)29-22)12-15-30(16-13-27)25(34)21-8-3-4-9-23(21)36-2/h3-4,8-9,20,22H,5-7,10-18H2,1-2H3,(H,28,35)(H,29,33)/t20-,22+/m0/s1. The Morgan fingerprint density at radius 2 is 1.75 bits per heavy atom. The quantitative estimate of drug-likeness (QED) is 0.648. The average Bonchev–Trinajstić information content (AvgIpc) is 2.89. The van der Waals surface area contributed by atoms with E-state index in [0.29, 0.717) is 50.3 Å². The molecule has 4 amide bonds. The SMILES string of the molecule is COc1ccccc1C(=O)N1CCC2(CCCC[C@H]3CN(C(C)=O)CC[C@H]3NC(=O)CNC2=O)CC1. The molecule has 196 valence electrons. The first-order chi connectivity index (χ1) is 17.3. The fraction of sp³-hybridized carbons (Fsp3) is 0.630. The molecule has 1 aromatic rings. The van der Waals surface area contributed by atoms with E-state index >= 15 is 0 Å². The summed E-state index contributed by atoms with van der Waals surface area (Å²) in [5.74, 6) is 0.472. The first kappa shape index (κ1) is 26.0. The van der Waals surface area contributed by atoms with E-state index in [9.17, 15) is 19.2 Å². The van der Waals surface area contributed by atoms with Crippen LogP contribution in [0.2, 0.25) is 0 Å². The monoisotopic (exact) mass is 498 g/mol. The zero-order chi connectivity index (χ0) is 25.7. The lowest BCUT2D eigenvalue weighted by Crippen LogP contribution is -2.55. The summed E-state index contributed by atoms with van der Waals surface area (Å²) in [5, 5.41) is 5.99. The smallest absolute Gasteiger partial charge is 0.257 e. The zero-order valence-electron chi connectivity index (χ0n) is 21.4. The minimum absolute atomic E-state index is 0.0302. The summed E-state index contributed by atoms with van der Waals surface area (Å²) in [4.78, 5) is 54.7. The maximum Gasteiger partial charge on any atom is 0.257 e. The largest absolute Gasteiger partial charge is 0.496 e. The maximum absolute atomic E-state index is 13.3. The zero-order valence-corrected chi connectivity index (χ0v) is 21.4. The van der Waals surface area contributed by atoms with Gasteiger partial charge in [0, 0.05) is 39.1 Å². The summed E-state index contributed by atoms with van der Waals surface area (Å²) in [6, 6.07) is 7.22. The number of carbonyl (C=O) groups excluding carboxylic acids is 4. The normalized spacial score (nSPS) is 25.1. The van der Waals surface area contributed by atoms with Crippen LogP contribution in [-0.2, 0) is 14.4 Å². The number of fused-ring (bicyclic) bond motifs is 1. The number of nitrogens with one attached hydrogen (secondary N) is 2. The number of piperidine rings is 2. The highest BCUT2D eigenvalue weighted by molar-refractivity contribution is 5.97. The molecule has 1 aromatic carbocycles. The maximum atomic E-state index is 13.3. The van der Waals surface area contributed by atoms with Crippen molar-refractivity contribution in [3.63, 3.8) is 0 Å². The highest BCUT2D eigenvalue weighted by atomic mass is 16.5. The molecule has 0 aliphatic carbocycles. The Balaban J connectivity index is 1.42. The van der Waals surface area contributed by atoms with Crippen LogP contribution in [0.1, 0.15) is 62.2 Å². The van der Waals surface area contributed by atoms with Crippen molar-refractivity contribution in [3.05, 3.63) is 29.8 Å². The van der Waals surface area contributed by atoms with E-state index < -0.39 is 5.41 Å². The summed E-state index contributed by atoms with van der Waals surface area (Å²) >= 11 is 0. The van der Waals surface area contributed by atoms with Crippen LogP contribution in [0, 0.1) is 11.3 Å². The molecule has 9 heteroatoms. The van der Waals surface area contributed by atoms with Crippen molar-refractivity contribution in [1.29, 1.82) is 0 Å². The van der Waals surface area contributed by atoms with E-state index in [1.54, 1.807) is 31.1 Å². The third kappa shape index (κ3) is 5.65. The number of amides is 4. The molecule has 0 aromatic heterocycles. The molecule has 0 unspecified atom stereocenters. The van der Waals surface area contributed by atoms with E-state index in [2.05, 4.69) is 10.6 Å². The third-order valence-corrected chi connectivity index (χ3v) is 8.24. The number of carbonyl (C=O) groups is 4. The van der Waals surface area contributed by atoms with Crippen LogP contribution in [-0.4, -0.2) is 79.3 Å². The molecule has 3 fully saturated rings. The molecule has 2 N–H and O–H groups in total. The van der Waals surface area contributed by atoms with Gasteiger partial charge in [-0.15, -0.1) is 0 Å². The summed E-state index contributed by atoms with van der Waals surface area (Å²) in [5.41, 5.74) is -0.0635. The Kier molecular flexibility index (Phi) is 8.16. The lowest BCUT2D eigenvalue weighted by atomic mass is 9.73. The van der Waals surface area contributed by atoms with Gasteiger partial charge in [-0.25, -0.2) is 0 Å². The fourth-order valence-electron chi connectivity index (χ4n) is 6.00. The van der Waals surface area contributed by atoms with Crippen molar-refractivity contribution in [1.82, 2.24) is 20.4 Å². The van der Waals surface area contributed by atoms with Crippen molar-refractivity contribution in [2.75, 3.05) is 39.8 Å². The summed E-state index contributed by atoms with van der Waals surface area (Å²) in [6.45, 7) is 3.82. The molecule has 1 spiro atoms. The van der Waals surface area contributed by atoms with Gasteiger partial charge in [0.15, 0.2) is 0 Å². The number of methoxy groups -OCH3 is 1. The lowest BCUT2D eigenvalue weighted by Gasteiger charge is -2.42. The van der Waals surface area contributed by atoms with Crippen LogP contribution >= 0.6 is 0 Å². The van der Waals surface area contributed by atoms with Crippen molar-refractivity contribution >= 4 is 23.6 Å². The number of nitrogens with zero attached hydrogens (tertiary/aromatic N) is 2. The predicted molar refractivity (Wildman–Crippen MR) is 134 cm³/mol. The van der Waals surface area contributed by atoms with Gasteiger partial charge in [-0.3, -0.25) is 19.2 Å². The van der Waals surface area contributed by atoms with Gasteiger partial charge >= 0.3 is 0 Å². The molecule has 0 radical (unpaired) electrons. The molecule has 4 rings (SSSR count). The molecule has 9 nitrogen and oxygen atoms in total. The van der Waals surface area contributed by atoms with Gasteiger partial charge in [-0.2, -0.15) is 0 Å². The van der Waals surface area contributed by atoms with Gasteiger partial charge < -0.3 is 25.2 Å². The Morgan fingerprint density at radius 3 is 2.47 bits per heavy atom. The van der Waals surface area contributed by atoms with Crippen LogP contribution in [0.25, 0.3) is 0 Å². The van der Waals surface area contributed by atoms with Crippen LogP contribution in [0.15, 0.2) is 24.3 Å². The first-order valence-corrected chi connectivity index (χ1v) is 13.1. The van der Waals surface area contributed by atoms with Crippen molar-refractivity contribution in [2.45, 2.75) is 57.9 Å². The van der Waals surface area contributed by atoms with Crippen molar-refractivity contribution in [3.8, 4) is 5.75 Å². The van der Waals surface area contributed by atoms with E-state index in [1.165, 1.54) is 0 Å². The van der Waals surface area contributed by atoms with Crippen LogP contribution in [0.5, 0.6) is 5.75 Å². The van der Waals surface area contributed by atoms with Crippen LogP contribution in [0.3, 0.4) is 0 Å². The van der Waals surface area contributed by atoms with Crippen LogP contribution < -0.4 is 15.4 Å². The Morgan fingerprint density at radius 1 is 1.00 bits per heavy atom. The molecule has 3 aliphatic heterocycles. The average molecular weight is 499 g/mol. The van der Waals surface area contributed by atoms with E-state index in [1.807, 2.05) is 17.0 Å². The number of likely N-dealkylation sites (tertiary alicyclic amines) is 2. The second kappa shape index (κ2) is 11.3. The Bertz CT molecular complexity index is 988. The highest BCUT2D eigenvalue weighted by Crippen LogP contribution is 2.38. The van der Waals surface area contributed by atoms with Gasteiger partial charge in [0.05, 0.1) is 24.6 Å². The number of hydrogen-bond acceptors (Lipinski definition) is 5. The van der Waals surface area contributed by atoms with E-state index in [-0.39, 0.29) is 42.1 Å². The Labute approximate surface area is 212 Å². The second-order valence-corrected chi connectivity index (χ2v) is 10.4. The summed E-state index contributed by atoms with van der Waals surface area (Å²) < 4.78 is 5.36. The predicted octanol–water partition coefficient (Wildman–Crippen LogP) is 1.96. The first-order valence-electron chi connectivity index (χ1n) is 13.1. The Hall–Kier alpha value is -3.10. The number of benzene rings is 1. The highest BCUT2D eigenvalue weighted by Gasteiger charge is 2.42. The number of para-hydroxylation sites is 1. The van der Waals surface area contributed by atoms with E-state index in [4.69, 9.17) is 4.74 Å². The third-order valence-electron chi connectivity index (χ3n) is 8.24. The minimum Gasteiger partial charge on any atom is -0.496 e.